The van der Waals surface area contributed by atoms with E-state index in [1.54, 1.807) is 6.26 Å². The summed E-state index contributed by atoms with van der Waals surface area (Å²) in [4.78, 5) is 0. The maximum absolute atomic E-state index is 5.60. The molecule has 2 nitrogen and oxygen atoms in total. The molecule has 1 aromatic heterocycles. The van der Waals surface area contributed by atoms with E-state index in [0.717, 1.165) is 25.1 Å². The van der Waals surface area contributed by atoms with Gasteiger partial charge in [0.1, 0.15) is 5.76 Å². The van der Waals surface area contributed by atoms with Crippen LogP contribution in [0.5, 0.6) is 0 Å². The highest BCUT2D eigenvalue weighted by molar-refractivity contribution is 5.20. The SMILES string of the molecule is CCNC(CCc1ccccc1)c1occc1C. The predicted molar refractivity (Wildman–Crippen MR) is 74.6 cm³/mol. The highest BCUT2D eigenvalue weighted by atomic mass is 16.3. The lowest BCUT2D eigenvalue weighted by Gasteiger charge is -2.16. The van der Waals surface area contributed by atoms with Crippen LogP contribution in [-0.4, -0.2) is 6.54 Å². The second-order valence-corrected chi connectivity index (χ2v) is 4.60. The molecule has 0 radical (unpaired) electrons. The quantitative estimate of drug-likeness (QED) is 0.833. The van der Waals surface area contributed by atoms with Crippen LogP contribution >= 0.6 is 0 Å². The zero-order valence-corrected chi connectivity index (χ0v) is 11.1. The minimum absolute atomic E-state index is 0.310. The summed E-state index contributed by atoms with van der Waals surface area (Å²) in [6, 6.07) is 12.9. The second-order valence-electron chi connectivity index (χ2n) is 4.60. The fraction of sp³-hybridized carbons (Fsp3) is 0.375. The molecular weight excluding hydrogens is 222 g/mol. The van der Waals surface area contributed by atoms with Crippen LogP contribution in [0.2, 0.25) is 0 Å². The van der Waals surface area contributed by atoms with Gasteiger partial charge in [-0.1, -0.05) is 37.3 Å². The van der Waals surface area contributed by atoms with Crippen molar-refractivity contribution in [2.45, 2.75) is 32.7 Å². The lowest BCUT2D eigenvalue weighted by atomic mass is 10.0. The van der Waals surface area contributed by atoms with Gasteiger partial charge < -0.3 is 9.73 Å². The summed E-state index contributed by atoms with van der Waals surface area (Å²) in [6.07, 6.45) is 3.91. The van der Waals surface area contributed by atoms with Crippen molar-refractivity contribution in [1.82, 2.24) is 5.32 Å². The van der Waals surface area contributed by atoms with Gasteiger partial charge in [0.05, 0.1) is 12.3 Å². The third kappa shape index (κ3) is 3.23. The Labute approximate surface area is 109 Å². The van der Waals surface area contributed by atoms with Gasteiger partial charge in [0.2, 0.25) is 0 Å². The fourth-order valence-electron chi connectivity index (χ4n) is 2.27. The molecule has 2 rings (SSSR count). The lowest BCUT2D eigenvalue weighted by molar-refractivity contribution is 0.399. The van der Waals surface area contributed by atoms with E-state index in [1.807, 2.05) is 6.07 Å². The molecule has 1 N–H and O–H groups in total. The molecule has 0 amide bonds. The number of nitrogens with one attached hydrogen (secondary N) is 1. The average molecular weight is 243 g/mol. The molecule has 0 aliphatic heterocycles. The second kappa shape index (κ2) is 6.41. The largest absolute Gasteiger partial charge is 0.467 e. The van der Waals surface area contributed by atoms with Crippen molar-refractivity contribution >= 4 is 0 Å². The van der Waals surface area contributed by atoms with E-state index in [9.17, 15) is 0 Å². The number of benzene rings is 1. The van der Waals surface area contributed by atoms with Crippen LogP contribution in [0.1, 0.15) is 36.3 Å². The van der Waals surface area contributed by atoms with Crippen LogP contribution in [0, 0.1) is 6.92 Å². The molecule has 0 fully saturated rings. The normalized spacial score (nSPS) is 12.6. The van der Waals surface area contributed by atoms with Gasteiger partial charge in [0.25, 0.3) is 0 Å². The number of hydrogen-bond acceptors (Lipinski definition) is 2. The van der Waals surface area contributed by atoms with E-state index < -0.39 is 0 Å². The van der Waals surface area contributed by atoms with E-state index in [0.29, 0.717) is 6.04 Å². The van der Waals surface area contributed by atoms with E-state index in [2.05, 4.69) is 49.5 Å². The standard InChI is InChI=1S/C16H21NO/c1-3-17-15(16-13(2)11-12-18-16)10-9-14-7-5-4-6-8-14/h4-8,11-12,15,17H,3,9-10H2,1-2H3. The van der Waals surface area contributed by atoms with Crippen molar-refractivity contribution in [3.63, 3.8) is 0 Å². The number of furan rings is 1. The van der Waals surface area contributed by atoms with Crippen LogP contribution in [-0.2, 0) is 6.42 Å². The predicted octanol–water partition coefficient (Wildman–Crippen LogP) is 3.87. The van der Waals surface area contributed by atoms with Crippen molar-refractivity contribution in [2.75, 3.05) is 6.54 Å². The lowest BCUT2D eigenvalue weighted by Crippen LogP contribution is -2.21. The minimum Gasteiger partial charge on any atom is -0.467 e. The molecule has 0 aliphatic carbocycles. The van der Waals surface area contributed by atoms with Gasteiger partial charge in [-0.2, -0.15) is 0 Å². The van der Waals surface area contributed by atoms with Gasteiger partial charge >= 0.3 is 0 Å². The van der Waals surface area contributed by atoms with Gasteiger partial charge in [0.15, 0.2) is 0 Å². The summed E-state index contributed by atoms with van der Waals surface area (Å²) in [5.41, 5.74) is 2.61. The molecule has 0 saturated carbocycles. The molecule has 0 aliphatic rings. The smallest absolute Gasteiger partial charge is 0.123 e. The minimum atomic E-state index is 0.310. The number of rotatable bonds is 6. The van der Waals surface area contributed by atoms with E-state index >= 15 is 0 Å². The van der Waals surface area contributed by atoms with E-state index in [-0.39, 0.29) is 0 Å². The summed E-state index contributed by atoms with van der Waals surface area (Å²) < 4.78 is 5.60. The van der Waals surface area contributed by atoms with Gasteiger partial charge in [0, 0.05) is 0 Å². The molecule has 2 aromatic rings. The fourth-order valence-corrected chi connectivity index (χ4v) is 2.27. The monoisotopic (exact) mass is 243 g/mol. The van der Waals surface area contributed by atoms with Crippen molar-refractivity contribution < 1.29 is 4.42 Å². The van der Waals surface area contributed by atoms with Crippen molar-refractivity contribution in [1.29, 1.82) is 0 Å². The van der Waals surface area contributed by atoms with Crippen molar-refractivity contribution in [3.8, 4) is 0 Å². The first-order valence-corrected chi connectivity index (χ1v) is 6.62. The molecule has 2 heteroatoms. The zero-order chi connectivity index (χ0) is 12.8. The van der Waals surface area contributed by atoms with Crippen LogP contribution in [0.3, 0.4) is 0 Å². The highest BCUT2D eigenvalue weighted by Crippen LogP contribution is 2.23. The maximum atomic E-state index is 5.60. The van der Waals surface area contributed by atoms with Crippen LogP contribution < -0.4 is 5.32 Å². The Balaban J connectivity index is 2.01. The Bertz CT molecular complexity index is 461. The van der Waals surface area contributed by atoms with Crippen LogP contribution in [0.4, 0.5) is 0 Å². The number of aryl methyl sites for hydroxylation is 2. The summed E-state index contributed by atoms with van der Waals surface area (Å²) in [6.45, 7) is 5.19. The molecule has 1 heterocycles. The van der Waals surface area contributed by atoms with Gasteiger partial charge in [-0.25, -0.2) is 0 Å². The first-order chi connectivity index (χ1) is 8.81. The first-order valence-electron chi connectivity index (χ1n) is 6.62. The Morgan fingerprint density at radius 1 is 1.17 bits per heavy atom. The Hall–Kier alpha value is -1.54. The third-order valence-corrected chi connectivity index (χ3v) is 3.23. The Kier molecular flexibility index (Phi) is 4.59. The summed E-state index contributed by atoms with van der Waals surface area (Å²) in [5, 5.41) is 3.50. The molecule has 0 spiro atoms. The summed E-state index contributed by atoms with van der Waals surface area (Å²) in [7, 11) is 0. The molecule has 1 atom stereocenters. The summed E-state index contributed by atoms with van der Waals surface area (Å²) >= 11 is 0. The molecule has 1 unspecified atom stereocenters. The topological polar surface area (TPSA) is 25.2 Å². The Morgan fingerprint density at radius 3 is 2.56 bits per heavy atom. The van der Waals surface area contributed by atoms with Gasteiger partial charge in [-0.3, -0.25) is 0 Å². The molecule has 0 bridgehead atoms. The molecule has 0 saturated heterocycles. The van der Waals surface area contributed by atoms with Crippen LogP contribution in [0.25, 0.3) is 0 Å². The van der Waals surface area contributed by atoms with E-state index in [4.69, 9.17) is 4.42 Å². The van der Waals surface area contributed by atoms with E-state index in [1.165, 1.54) is 11.1 Å². The first kappa shape index (κ1) is 12.9. The molecule has 1 aromatic carbocycles. The van der Waals surface area contributed by atoms with Gasteiger partial charge in [-0.15, -0.1) is 0 Å². The maximum Gasteiger partial charge on any atom is 0.123 e. The molecule has 96 valence electrons. The molecular formula is C16H21NO. The Morgan fingerprint density at radius 2 is 1.94 bits per heavy atom. The summed E-state index contributed by atoms with van der Waals surface area (Å²) in [5.74, 6) is 1.08. The van der Waals surface area contributed by atoms with Crippen LogP contribution in [0.15, 0.2) is 47.1 Å². The molecule has 18 heavy (non-hydrogen) atoms. The highest BCUT2D eigenvalue weighted by Gasteiger charge is 2.15. The van der Waals surface area contributed by atoms with Crippen molar-refractivity contribution in [2.24, 2.45) is 0 Å². The number of hydrogen-bond donors (Lipinski definition) is 1. The van der Waals surface area contributed by atoms with Gasteiger partial charge in [-0.05, 0) is 43.5 Å². The van der Waals surface area contributed by atoms with Crippen molar-refractivity contribution in [3.05, 3.63) is 59.5 Å². The zero-order valence-electron chi connectivity index (χ0n) is 11.1. The average Bonchev–Trinajstić information content (AvgIpc) is 2.82. The third-order valence-electron chi connectivity index (χ3n) is 3.23.